The summed E-state index contributed by atoms with van der Waals surface area (Å²) in [4.78, 5) is 20.3. The van der Waals surface area contributed by atoms with Crippen LogP contribution in [0.1, 0.15) is 26.2 Å². The number of aromatic nitrogens is 5. The van der Waals surface area contributed by atoms with Crippen molar-refractivity contribution < 1.29 is 14.3 Å². The van der Waals surface area contributed by atoms with E-state index in [2.05, 4.69) is 25.6 Å². The minimum absolute atomic E-state index is 0.0901. The molecule has 30 heavy (non-hydrogen) atoms. The van der Waals surface area contributed by atoms with Gasteiger partial charge in [-0.25, -0.2) is 4.98 Å². The molecule has 1 saturated carbocycles. The fraction of sp³-hybridized carbons (Fsp3) is 0.450. The highest BCUT2D eigenvalue weighted by Crippen LogP contribution is 2.27. The Morgan fingerprint density at radius 2 is 2.10 bits per heavy atom. The molecular weight excluding hydrogens is 386 g/mol. The van der Waals surface area contributed by atoms with Crippen LogP contribution < -0.4 is 15.8 Å². The van der Waals surface area contributed by atoms with Crippen molar-refractivity contribution in [3.8, 4) is 11.4 Å². The molecule has 1 aromatic carbocycles. The average Bonchev–Trinajstić information content (AvgIpc) is 3.39. The summed E-state index contributed by atoms with van der Waals surface area (Å²) in [6, 6.07) is 7.66. The van der Waals surface area contributed by atoms with Crippen molar-refractivity contribution in [1.82, 2.24) is 25.0 Å². The van der Waals surface area contributed by atoms with E-state index < -0.39 is 0 Å². The second kappa shape index (κ2) is 9.04. The SMILES string of the molecule is CCOCCOc1ccc(-n2nnc3cnc(N[C@@H]4CC[C@@H](C(N)=O)C4)nc32)cc1. The molecule has 3 aromatic rings. The Morgan fingerprint density at radius 3 is 2.83 bits per heavy atom. The Morgan fingerprint density at radius 1 is 1.27 bits per heavy atom. The lowest BCUT2D eigenvalue weighted by molar-refractivity contribution is -0.121. The second-order valence-electron chi connectivity index (χ2n) is 7.20. The van der Waals surface area contributed by atoms with Gasteiger partial charge in [0.05, 0.1) is 18.5 Å². The number of nitrogens with two attached hydrogens (primary N) is 1. The number of hydrogen-bond donors (Lipinski definition) is 2. The van der Waals surface area contributed by atoms with Crippen molar-refractivity contribution in [1.29, 1.82) is 0 Å². The fourth-order valence-corrected chi connectivity index (χ4v) is 3.57. The average molecular weight is 411 g/mol. The highest BCUT2D eigenvalue weighted by molar-refractivity contribution is 5.77. The number of carbonyl (C=O) groups is 1. The van der Waals surface area contributed by atoms with E-state index in [0.717, 1.165) is 24.3 Å². The lowest BCUT2D eigenvalue weighted by atomic mass is 10.1. The number of anilines is 1. The van der Waals surface area contributed by atoms with Crippen LogP contribution in [0, 0.1) is 5.92 Å². The van der Waals surface area contributed by atoms with Gasteiger partial charge in [0.25, 0.3) is 0 Å². The Hall–Kier alpha value is -3.27. The van der Waals surface area contributed by atoms with Crippen LogP contribution in [-0.2, 0) is 9.53 Å². The Labute approximate surface area is 173 Å². The van der Waals surface area contributed by atoms with Gasteiger partial charge in [0.1, 0.15) is 12.4 Å². The predicted octanol–water partition coefficient (Wildman–Crippen LogP) is 1.69. The molecule has 1 aliphatic rings. The topological polar surface area (TPSA) is 130 Å². The maximum atomic E-state index is 11.4. The van der Waals surface area contributed by atoms with Crippen LogP contribution >= 0.6 is 0 Å². The van der Waals surface area contributed by atoms with Gasteiger partial charge in [-0.05, 0) is 50.5 Å². The summed E-state index contributed by atoms with van der Waals surface area (Å²) in [6.07, 6.45) is 3.98. The molecule has 0 unspecified atom stereocenters. The molecule has 2 atom stereocenters. The molecule has 10 nitrogen and oxygen atoms in total. The number of carbonyl (C=O) groups excluding carboxylic acids is 1. The molecule has 10 heteroatoms. The van der Waals surface area contributed by atoms with Crippen molar-refractivity contribution in [2.45, 2.75) is 32.2 Å². The summed E-state index contributed by atoms with van der Waals surface area (Å²) in [6.45, 7) is 3.68. The minimum Gasteiger partial charge on any atom is -0.491 e. The smallest absolute Gasteiger partial charge is 0.225 e. The molecule has 3 N–H and O–H groups in total. The summed E-state index contributed by atoms with van der Waals surface area (Å²) in [7, 11) is 0. The second-order valence-corrected chi connectivity index (χ2v) is 7.20. The zero-order valence-corrected chi connectivity index (χ0v) is 16.8. The van der Waals surface area contributed by atoms with Crippen LogP contribution in [-0.4, -0.2) is 56.7 Å². The lowest BCUT2D eigenvalue weighted by Crippen LogP contribution is -2.23. The van der Waals surface area contributed by atoms with E-state index in [-0.39, 0.29) is 17.9 Å². The largest absolute Gasteiger partial charge is 0.491 e. The summed E-state index contributed by atoms with van der Waals surface area (Å²) in [5, 5.41) is 11.6. The van der Waals surface area contributed by atoms with Gasteiger partial charge >= 0.3 is 0 Å². The number of nitrogens with zero attached hydrogens (tertiary/aromatic N) is 5. The molecule has 0 spiro atoms. The van der Waals surface area contributed by atoms with E-state index in [9.17, 15) is 4.79 Å². The van der Waals surface area contributed by atoms with Crippen LogP contribution in [0.15, 0.2) is 30.5 Å². The highest BCUT2D eigenvalue weighted by atomic mass is 16.5. The number of rotatable bonds is 9. The van der Waals surface area contributed by atoms with Gasteiger partial charge in [0.15, 0.2) is 11.2 Å². The van der Waals surface area contributed by atoms with Crippen LogP contribution in [0.25, 0.3) is 16.9 Å². The Kier molecular flexibility index (Phi) is 6.03. The molecule has 1 aliphatic carbocycles. The monoisotopic (exact) mass is 411 g/mol. The third kappa shape index (κ3) is 4.48. The van der Waals surface area contributed by atoms with Crippen molar-refractivity contribution >= 4 is 23.0 Å². The van der Waals surface area contributed by atoms with E-state index in [1.165, 1.54) is 0 Å². The highest BCUT2D eigenvalue weighted by Gasteiger charge is 2.28. The van der Waals surface area contributed by atoms with Crippen molar-refractivity contribution in [2.24, 2.45) is 11.7 Å². The number of ether oxygens (including phenoxy) is 2. The van der Waals surface area contributed by atoms with E-state index >= 15 is 0 Å². The first-order valence-electron chi connectivity index (χ1n) is 10.1. The van der Waals surface area contributed by atoms with Crippen LogP contribution in [0.4, 0.5) is 5.95 Å². The number of primary amides is 1. The first-order chi connectivity index (χ1) is 14.6. The fourth-order valence-electron chi connectivity index (χ4n) is 3.57. The molecule has 0 saturated heterocycles. The van der Waals surface area contributed by atoms with Gasteiger partial charge in [-0.15, -0.1) is 5.10 Å². The number of fused-ring (bicyclic) bond motifs is 1. The van der Waals surface area contributed by atoms with Gasteiger partial charge in [-0.2, -0.15) is 9.67 Å². The minimum atomic E-state index is -0.247. The van der Waals surface area contributed by atoms with Gasteiger partial charge < -0.3 is 20.5 Å². The van der Waals surface area contributed by atoms with Crippen molar-refractivity contribution in [3.05, 3.63) is 30.5 Å². The molecule has 0 aliphatic heterocycles. The number of nitrogens with one attached hydrogen (secondary N) is 1. The Balaban J connectivity index is 1.47. The van der Waals surface area contributed by atoms with E-state index in [1.54, 1.807) is 10.9 Å². The zero-order chi connectivity index (χ0) is 20.9. The first-order valence-corrected chi connectivity index (χ1v) is 10.1. The maximum absolute atomic E-state index is 11.4. The lowest BCUT2D eigenvalue weighted by Gasteiger charge is -2.12. The maximum Gasteiger partial charge on any atom is 0.225 e. The first kappa shape index (κ1) is 20.0. The quantitative estimate of drug-likeness (QED) is 0.509. The van der Waals surface area contributed by atoms with E-state index in [0.29, 0.717) is 43.4 Å². The molecule has 1 amide bonds. The van der Waals surface area contributed by atoms with Gasteiger partial charge in [-0.3, -0.25) is 4.79 Å². The van der Waals surface area contributed by atoms with Crippen LogP contribution in [0.3, 0.4) is 0 Å². The molecule has 0 bridgehead atoms. The summed E-state index contributed by atoms with van der Waals surface area (Å²) < 4.78 is 12.6. The molecule has 0 radical (unpaired) electrons. The van der Waals surface area contributed by atoms with Crippen molar-refractivity contribution in [3.63, 3.8) is 0 Å². The molecule has 4 rings (SSSR count). The molecular formula is C20H25N7O3. The molecule has 1 fully saturated rings. The third-order valence-corrected chi connectivity index (χ3v) is 5.14. The van der Waals surface area contributed by atoms with E-state index in [4.69, 9.17) is 15.2 Å². The predicted molar refractivity (Wildman–Crippen MR) is 110 cm³/mol. The molecule has 158 valence electrons. The zero-order valence-electron chi connectivity index (χ0n) is 16.8. The van der Waals surface area contributed by atoms with Crippen molar-refractivity contribution in [2.75, 3.05) is 25.1 Å². The summed E-state index contributed by atoms with van der Waals surface area (Å²) in [5.41, 5.74) is 7.43. The number of hydrogen-bond acceptors (Lipinski definition) is 8. The normalized spacial score (nSPS) is 18.6. The number of benzene rings is 1. The van der Waals surface area contributed by atoms with Gasteiger partial charge in [-0.1, -0.05) is 5.21 Å². The van der Waals surface area contributed by atoms with Crippen LogP contribution in [0.2, 0.25) is 0 Å². The molecule has 2 aromatic heterocycles. The van der Waals surface area contributed by atoms with Crippen LogP contribution in [0.5, 0.6) is 5.75 Å². The van der Waals surface area contributed by atoms with Gasteiger partial charge in [0, 0.05) is 18.6 Å². The molecule has 2 heterocycles. The summed E-state index contributed by atoms with van der Waals surface area (Å²) in [5.74, 6) is 0.901. The number of amides is 1. The standard InChI is InChI=1S/C20H25N7O3/c1-2-29-9-10-30-16-7-5-15(6-8-16)27-19-17(25-26-27)12-22-20(24-19)23-14-4-3-13(11-14)18(21)28/h5-8,12-14H,2-4,9-11H2,1H3,(H2,21,28)(H,22,23,24)/t13-,14-/m1/s1. The van der Waals surface area contributed by atoms with Gasteiger partial charge in [0.2, 0.25) is 11.9 Å². The third-order valence-electron chi connectivity index (χ3n) is 5.14. The Bertz CT molecular complexity index is 1010. The summed E-state index contributed by atoms with van der Waals surface area (Å²) >= 11 is 0. The van der Waals surface area contributed by atoms with E-state index in [1.807, 2.05) is 31.2 Å².